The lowest BCUT2D eigenvalue weighted by molar-refractivity contribution is 0.669. The topological polar surface area (TPSA) is 13.1 Å². The molecule has 49 heavy (non-hydrogen) atoms. The molecule has 0 amide bonds. The number of furan rings is 1. The highest BCUT2D eigenvalue weighted by Gasteiger charge is 2.17. The van der Waals surface area contributed by atoms with Gasteiger partial charge in [0.15, 0.2) is 0 Å². The van der Waals surface area contributed by atoms with Gasteiger partial charge in [0.2, 0.25) is 0 Å². The monoisotopic (exact) mass is 622 g/mol. The van der Waals surface area contributed by atoms with E-state index in [4.69, 9.17) is 4.42 Å². The molecule has 228 valence electrons. The maximum Gasteiger partial charge on any atom is 0.136 e. The van der Waals surface area contributed by atoms with Gasteiger partial charge >= 0.3 is 0 Å². The largest absolute Gasteiger partial charge is 0.456 e. The quantitative estimate of drug-likeness (QED) is 0.178. The second kappa shape index (κ2) is 11.1. The van der Waals surface area contributed by atoms with Gasteiger partial charge < -0.3 is 4.42 Å². The zero-order valence-electron chi connectivity index (χ0n) is 26.7. The van der Waals surface area contributed by atoms with Crippen LogP contribution in [0.4, 0.5) is 0 Å². The van der Waals surface area contributed by atoms with Crippen LogP contribution in [0, 0.1) is 0 Å². The van der Waals surface area contributed by atoms with E-state index in [-0.39, 0.29) is 0 Å². The van der Waals surface area contributed by atoms with Crippen LogP contribution >= 0.6 is 0 Å². The van der Waals surface area contributed by atoms with Gasteiger partial charge in [-0.05, 0) is 95.0 Å². The minimum atomic E-state index is 0.916. The minimum absolute atomic E-state index is 0.916. The van der Waals surface area contributed by atoms with E-state index in [1.165, 1.54) is 82.2 Å². The Labute approximate surface area is 284 Å². The summed E-state index contributed by atoms with van der Waals surface area (Å²) in [5, 5.41) is 9.82. The van der Waals surface area contributed by atoms with Gasteiger partial charge in [0.05, 0.1) is 0 Å². The van der Waals surface area contributed by atoms with Crippen LogP contribution in [0.1, 0.15) is 0 Å². The third-order valence-electron chi connectivity index (χ3n) is 10.1. The Morgan fingerprint density at radius 3 is 1.29 bits per heavy atom. The zero-order chi connectivity index (χ0) is 32.3. The first kappa shape index (κ1) is 27.7. The van der Waals surface area contributed by atoms with Crippen LogP contribution in [-0.4, -0.2) is 0 Å². The Morgan fingerprint density at radius 1 is 0.265 bits per heavy atom. The second-order valence-corrected chi connectivity index (χ2v) is 12.8. The Morgan fingerprint density at radius 2 is 0.694 bits per heavy atom. The predicted octanol–water partition coefficient (Wildman–Crippen LogP) is 13.7. The van der Waals surface area contributed by atoms with Gasteiger partial charge in [-0.2, -0.15) is 0 Å². The molecule has 0 aliphatic rings. The molecule has 0 saturated heterocycles. The van der Waals surface area contributed by atoms with Crippen molar-refractivity contribution in [1.29, 1.82) is 0 Å². The normalized spacial score (nSPS) is 11.7. The Balaban J connectivity index is 1.10. The van der Waals surface area contributed by atoms with Gasteiger partial charge in [0, 0.05) is 10.8 Å². The van der Waals surface area contributed by atoms with Crippen LogP contribution in [0.5, 0.6) is 0 Å². The van der Waals surface area contributed by atoms with Crippen LogP contribution in [0.15, 0.2) is 186 Å². The third kappa shape index (κ3) is 4.47. The highest BCUT2D eigenvalue weighted by Crippen LogP contribution is 2.44. The summed E-state index contributed by atoms with van der Waals surface area (Å²) in [4.78, 5) is 0. The number of hydrogen-bond donors (Lipinski definition) is 0. The van der Waals surface area contributed by atoms with Gasteiger partial charge in [-0.3, -0.25) is 0 Å². The fourth-order valence-electron chi connectivity index (χ4n) is 7.77. The van der Waals surface area contributed by atoms with E-state index in [2.05, 4.69) is 182 Å². The SMILES string of the molecule is c1ccc(-c2ccc(-c3c4ccccc4c(-c4ccc(-c5ccc6oc7ccc8ccccc8c7c6c5)cc4)c4ccccc34)cc2)cc1. The van der Waals surface area contributed by atoms with Gasteiger partial charge in [-0.15, -0.1) is 0 Å². The molecule has 0 unspecified atom stereocenters. The van der Waals surface area contributed by atoms with E-state index in [9.17, 15) is 0 Å². The molecule has 0 aliphatic carbocycles. The Hall–Kier alpha value is -6.44. The summed E-state index contributed by atoms with van der Waals surface area (Å²) < 4.78 is 6.28. The highest BCUT2D eigenvalue weighted by atomic mass is 16.3. The van der Waals surface area contributed by atoms with Crippen LogP contribution in [0.3, 0.4) is 0 Å². The standard InChI is InChI=1S/C48H30O/c1-2-10-31(11-3-1)32-18-22-35(23-19-32)46-39-14-6-8-16-41(39)47(42-17-9-7-15-40(42)46)36-24-20-33(21-25-36)37-27-28-44-43(30-37)48-38-13-5-4-12-34(38)26-29-45(48)49-44/h1-30H. The van der Waals surface area contributed by atoms with Gasteiger partial charge in [0.25, 0.3) is 0 Å². The van der Waals surface area contributed by atoms with Crippen molar-refractivity contribution in [3.8, 4) is 44.5 Å². The summed E-state index contributed by atoms with van der Waals surface area (Å²) in [6.45, 7) is 0. The molecule has 1 nitrogen and oxygen atoms in total. The first-order chi connectivity index (χ1) is 24.3. The molecule has 1 heteroatoms. The van der Waals surface area contributed by atoms with E-state index in [0.717, 1.165) is 16.6 Å². The van der Waals surface area contributed by atoms with Gasteiger partial charge in [-0.25, -0.2) is 0 Å². The second-order valence-electron chi connectivity index (χ2n) is 12.8. The highest BCUT2D eigenvalue weighted by molar-refractivity contribution is 6.22. The molecular formula is C48H30O. The smallest absolute Gasteiger partial charge is 0.136 e. The van der Waals surface area contributed by atoms with E-state index in [1.807, 2.05) is 0 Å². The average molecular weight is 623 g/mol. The molecule has 10 aromatic rings. The first-order valence-corrected chi connectivity index (χ1v) is 16.8. The molecule has 10 rings (SSSR count). The van der Waals surface area contributed by atoms with E-state index < -0.39 is 0 Å². The summed E-state index contributed by atoms with van der Waals surface area (Å²) in [5.74, 6) is 0. The molecule has 1 aromatic heterocycles. The zero-order valence-corrected chi connectivity index (χ0v) is 26.7. The maximum absolute atomic E-state index is 6.28. The summed E-state index contributed by atoms with van der Waals surface area (Å²) in [6, 6.07) is 65.8. The lowest BCUT2D eigenvalue weighted by Crippen LogP contribution is -1.91. The molecule has 0 atom stereocenters. The molecule has 1 heterocycles. The Kier molecular flexibility index (Phi) is 6.25. The van der Waals surface area contributed by atoms with Crippen molar-refractivity contribution in [2.45, 2.75) is 0 Å². The predicted molar refractivity (Wildman–Crippen MR) is 208 cm³/mol. The summed E-state index contributed by atoms with van der Waals surface area (Å²) in [7, 11) is 0. The minimum Gasteiger partial charge on any atom is -0.456 e. The van der Waals surface area contributed by atoms with Crippen molar-refractivity contribution in [2.24, 2.45) is 0 Å². The summed E-state index contributed by atoms with van der Waals surface area (Å²) in [6.07, 6.45) is 0. The van der Waals surface area contributed by atoms with Crippen LogP contribution in [0.25, 0.3) is 98.8 Å². The van der Waals surface area contributed by atoms with Crippen molar-refractivity contribution in [3.63, 3.8) is 0 Å². The fourth-order valence-corrected chi connectivity index (χ4v) is 7.77. The molecule has 0 saturated carbocycles. The van der Waals surface area contributed by atoms with Crippen molar-refractivity contribution in [1.82, 2.24) is 0 Å². The number of hydrogen-bond acceptors (Lipinski definition) is 1. The van der Waals surface area contributed by atoms with Crippen LogP contribution in [-0.2, 0) is 0 Å². The fraction of sp³-hybridized carbons (Fsp3) is 0. The summed E-state index contributed by atoms with van der Waals surface area (Å²) in [5.41, 5.74) is 11.6. The van der Waals surface area contributed by atoms with Gasteiger partial charge in [0.1, 0.15) is 11.2 Å². The van der Waals surface area contributed by atoms with Crippen molar-refractivity contribution in [3.05, 3.63) is 182 Å². The average Bonchev–Trinajstić information content (AvgIpc) is 3.56. The lowest BCUT2D eigenvalue weighted by Gasteiger charge is -2.18. The van der Waals surface area contributed by atoms with Crippen LogP contribution < -0.4 is 0 Å². The third-order valence-corrected chi connectivity index (χ3v) is 10.1. The number of benzene rings is 9. The van der Waals surface area contributed by atoms with Crippen molar-refractivity contribution < 1.29 is 4.42 Å². The molecule has 9 aromatic carbocycles. The van der Waals surface area contributed by atoms with E-state index in [1.54, 1.807) is 0 Å². The molecule has 0 aliphatic heterocycles. The molecule has 0 N–H and O–H groups in total. The van der Waals surface area contributed by atoms with E-state index >= 15 is 0 Å². The number of rotatable bonds is 4. The molecule has 0 fully saturated rings. The van der Waals surface area contributed by atoms with Crippen molar-refractivity contribution in [2.75, 3.05) is 0 Å². The Bertz CT molecular complexity index is 2780. The van der Waals surface area contributed by atoms with E-state index in [0.29, 0.717) is 0 Å². The molecular weight excluding hydrogens is 593 g/mol. The number of fused-ring (bicyclic) bond motifs is 7. The summed E-state index contributed by atoms with van der Waals surface area (Å²) >= 11 is 0. The molecule has 0 spiro atoms. The lowest BCUT2D eigenvalue weighted by atomic mass is 9.85. The molecule has 0 bridgehead atoms. The maximum atomic E-state index is 6.28. The first-order valence-electron chi connectivity index (χ1n) is 16.8. The van der Waals surface area contributed by atoms with Gasteiger partial charge in [-0.1, -0.05) is 164 Å². The molecule has 0 radical (unpaired) electrons. The van der Waals surface area contributed by atoms with Crippen molar-refractivity contribution >= 4 is 54.3 Å². The van der Waals surface area contributed by atoms with Crippen LogP contribution in [0.2, 0.25) is 0 Å².